The van der Waals surface area contributed by atoms with Crippen LogP contribution in [0, 0.1) is 13.8 Å². The lowest BCUT2D eigenvalue weighted by atomic mass is 10.2. The van der Waals surface area contributed by atoms with Gasteiger partial charge in [-0.2, -0.15) is 0 Å². The highest BCUT2D eigenvalue weighted by Crippen LogP contribution is 2.19. The number of nitrogens with one attached hydrogen (secondary N) is 2. The van der Waals surface area contributed by atoms with Gasteiger partial charge in [-0.25, -0.2) is 9.97 Å². The molecule has 0 aliphatic carbocycles. The first-order valence-corrected chi connectivity index (χ1v) is 5.51. The minimum absolute atomic E-state index is 0.00871. The smallest absolute Gasteiger partial charge is 0.135 e. The Bertz CT molecular complexity index is 371. The van der Waals surface area contributed by atoms with Crippen molar-refractivity contribution in [2.24, 2.45) is 0 Å². The Morgan fingerprint density at radius 1 is 1.29 bits per heavy atom. The Balaban J connectivity index is 2.92. The normalized spacial score (nSPS) is 12.3. The molecule has 0 aliphatic heterocycles. The molecule has 0 saturated carbocycles. The van der Waals surface area contributed by atoms with Crippen molar-refractivity contribution in [2.45, 2.75) is 19.9 Å². The van der Waals surface area contributed by atoms with Crippen LogP contribution in [0.25, 0.3) is 0 Å². The van der Waals surface area contributed by atoms with Crippen molar-refractivity contribution >= 4 is 11.6 Å². The lowest BCUT2D eigenvalue weighted by molar-refractivity contribution is 0.153. The van der Waals surface area contributed by atoms with Crippen LogP contribution in [0.3, 0.4) is 0 Å². The predicted molar refractivity (Wildman–Crippen MR) is 67.4 cm³/mol. The highest BCUT2D eigenvalue weighted by molar-refractivity contribution is 5.57. The molecule has 1 aromatic rings. The van der Waals surface area contributed by atoms with E-state index >= 15 is 0 Å². The van der Waals surface area contributed by atoms with Gasteiger partial charge in [0.2, 0.25) is 0 Å². The first kappa shape index (κ1) is 13.7. The summed E-state index contributed by atoms with van der Waals surface area (Å²) in [5, 5.41) is 15.4. The van der Waals surface area contributed by atoms with Gasteiger partial charge in [0.15, 0.2) is 0 Å². The van der Waals surface area contributed by atoms with Gasteiger partial charge in [0, 0.05) is 19.7 Å². The number of hydrogen-bond acceptors (Lipinski definition) is 6. The molecule has 1 aromatic heterocycles. The SMILES string of the molecule is CNc1nc(C)nc(NC(CO)COC)c1C. The van der Waals surface area contributed by atoms with Crippen LogP contribution in [0.4, 0.5) is 11.6 Å². The molecule has 0 bridgehead atoms. The molecule has 0 saturated heterocycles. The summed E-state index contributed by atoms with van der Waals surface area (Å²) in [6.07, 6.45) is 0. The number of ether oxygens (including phenoxy) is 1. The molecule has 0 aromatic carbocycles. The molecule has 0 fully saturated rings. The molecule has 0 radical (unpaired) electrons. The summed E-state index contributed by atoms with van der Waals surface area (Å²) in [6, 6.07) is -0.169. The van der Waals surface area contributed by atoms with Crippen molar-refractivity contribution in [2.75, 3.05) is 38.0 Å². The highest BCUT2D eigenvalue weighted by atomic mass is 16.5. The Labute approximate surface area is 101 Å². The molecule has 6 heteroatoms. The number of aliphatic hydroxyl groups is 1. The van der Waals surface area contributed by atoms with Crippen molar-refractivity contribution < 1.29 is 9.84 Å². The number of aliphatic hydroxyl groups excluding tert-OH is 1. The summed E-state index contributed by atoms with van der Waals surface area (Å²) in [6.45, 7) is 4.17. The first-order valence-electron chi connectivity index (χ1n) is 5.51. The number of nitrogens with zero attached hydrogens (tertiary/aromatic N) is 2. The lowest BCUT2D eigenvalue weighted by Gasteiger charge is -2.18. The van der Waals surface area contributed by atoms with Crippen LogP contribution in [0.15, 0.2) is 0 Å². The number of rotatable bonds is 6. The predicted octanol–water partition coefficient (Wildman–Crippen LogP) is 0.554. The van der Waals surface area contributed by atoms with E-state index in [2.05, 4.69) is 20.6 Å². The van der Waals surface area contributed by atoms with Gasteiger partial charge in [0.05, 0.1) is 19.3 Å². The van der Waals surface area contributed by atoms with Gasteiger partial charge in [0.1, 0.15) is 17.5 Å². The molecule has 6 nitrogen and oxygen atoms in total. The fourth-order valence-corrected chi connectivity index (χ4v) is 1.55. The van der Waals surface area contributed by atoms with E-state index in [1.807, 2.05) is 20.9 Å². The van der Waals surface area contributed by atoms with Crippen molar-refractivity contribution in [3.05, 3.63) is 11.4 Å². The van der Waals surface area contributed by atoms with Crippen molar-refractivity contribution in [3.8, 4) is 0 Å². The van der Waals surface area contributed by atoms with Crippen LogP contribution in [0.2, 0.25) is 0 Å². The number of hydrogen-bond donors (Lipinski definition) is 3. The standard InChI is InChI=1S/C11H20N4O2/c1-7-10(12-3)13-8(2)14-11(7)15-9(5-16)6-17-4/h9,16H,5-6H2,1-4H3,(H2,12,13,14,15). The molecule has 1 heterocycles. The molecule has 0 aliphatic rings. The second kappa shape index (κ2) is 6.36. The van der Waals surface area contributed by atoms with E-state index in [-0.39, 0.29) is 12.6 Å². The summed E-state index contributed by atoms with van der Waals surface area (Å²) >= 11 is 0. The third kappa shape index (κ3) is 3.54. The molecular formula is C11H20N4O2. The fraction of sp³-hybridized carbons (Fsp3) is 0.636. The van der Waals surface area contributed by atoms with Crippen molar-refractivity contribution in [3.63, 3.8) is 0 Å². The maximum atomic E-state index is 9.20. The third-order valence-corrected chi connectivity index (χ3v) is 2.42. The minimum atomic E-state index is -0.169. The Morgan fingerprint density at radius 2 is 1.94 bits per heavy atom. The minimum Gasteiger partial charge on any atom is -0.394 e. The number of aryl methyl sites for hydroxylation is 1. The molecule has 1 unspecified atom stereocenters. The Morgan fingerprint density at radius 3 is 2.47 bits per heavy atom. The van der Waals surface area contributed by atoms with Gasteiger partial charge in [0.25, 0.3) is 0 Å². The van der Waals surface area contributed by atoms with E-state index in [0.29, 0.717) is 12.4 Å². The lowest BCUT2D eigenvalue weighted by Crippen LogP contribution is -2.29. The van der Waals surface area contributed by atoms with Crippen LogP contribution in [-0.2, 0) is 4.74 Å². The first-order chi connectivity index (χ1) is 8.12. The number of anilines is 2. The Kier molecular flexibility index (Phi) is 5.11. The van der Waals surface area contributed by atoms with Gasteiger partial charge in [-0.15, -0.1) is 0 Å². The van der Waals surface area contributed by atoms with E-state index in [4.69, 9.17) is 4.74 Å². The van der Waals surface area contributed by atoms with Gasteiger partial charge in [-0.05, 0) is 13.8 Å². The largest absolute Gasteiger partial charge is 0.394 e. The van der Waals surface area contributed by atoms with E-state index < -0.39 is 0 Å². The van der Waals surface area contributed by atoms with Crippen molar-refractivity contribution in [1.29, 1.82) is 0 Å². The highest BCUT2D eigenvalue weighted by Gasteiger charge is 2.12. The summed E-state index contributed by atoms with van der Waals surface area (Å²) in [4.78, 5) is 8.60. The van der Waals surface area contributed by atoms with E-state index in [0.717, 1.165) is 17.2 Å². The zero-order valence-corrected chi connectivity index (χ0v) is 10.7. The molecular weight excluding hydrogens is 220 g/mol. The van der Waals surface area contributed by atoms with Gasteiger partial charge in [-0.3, -0.25) is 0 Å². The van der Waals surface area contributed by atoms with Gasteiger partial charge < -0.3 is 20.5 Å². The number of aromatic nitrogens is 2. The van der Waals surface area contributed by atoms with Crippen LogP contribution in [-0.4, -0.2) is 48.5 Å². The summed E-state index contributed by atoms with van der Waals surface area (Å²) < 4.78 is 5.01. The fourth-order valence-electron chi connectivity index (χ4n) is 1.55. The molecule has 1 rings (SSSR count). The average molecular weight is 240 g/mol. The second-order valence-electron chi connectivity index (χ2n) is 3.82. The average Bonchev–Trinajstić information content (AvgIpc) is 2.32. The van der Waals surface area contributed by atoms with Gasteiger partial charge in [-0.1, -0.05) is 0 Å². The number of methoxy groups -OCH3 is 1. The molecule has 0 amide bonds. The maximum absolute atomic E-state index is 9.20. The van der Waals surface area contributed by atoms with Crippen molar-refractivity contribution in [1.82, 2.24) is 9.97 Å². The molecule has 17 heavy (non-hydrogen) atoms. The van der Waals surface area contributed by atoms with E-state index in [1.54, 1.807) is 7.11 Å². The monoisotopic (exact) mass is 240 g/mol. The summed E-state index contributed by atoms with van der Waals surface area (Å²) in [5.74, 6) is 2.18. The van der Waals surface area contributed by atoms with Crippen LogP contribution < -0.4 is 10.6 Å². The zero-order valence-electron chi connectivity index (χ0n) is 10.7. The summed E-state index contributed by atoms with van der Waals surface area (Å²) in [5.41, 5.74) is 0.924. The molecule has 3 N–H and O–H groups in total. The van der Waals surface area contributed by atoms with E-state index in [1.165, 1.54) is 0 Å². The quantitative estimate of drug-likeness (QED) is 0.674. The summed E-state index contributed by atoms with van der Waals surface area (Å²) in [7, 11) is 3.42. The van der Waals surface area contributed by atoms with E-state index in [9.17, 15) is 5.11 Å². The molecule has 96 valence electrons. The zero-order chi connectivity index (χ0) is 12.8. The molecule has 1 atom stereocenters. The third-order valence-electron chi connectivity index (χ3n) is 2.42. The Hall–Kier alpha value is -1.40. The van der Waals surface area contributed by atoms with Gasteiger partial charge >= 0.3 is 0 Å². The van der Waals surface area contributed by atoms with Crippen LogP contribution in [0.5, 0.6) is 0 Å². The maximum Gasteiger partial charge on any atom is 0.135 e. The van der Waals surface area contributed by atoms with Crippen LogP contribution in [0.1, 0.15) is 11.4 Å². The second-order valence-corrected chi connectivity index (χ2v) is 3.82. The molecule has 0 spiro atoms. The van der Waals surface area contributed by atoms with Crippen LogP contribution >= 0.6 is 0 Å². The topological polar surface area (TPSA) is 79.3 Å².